The van der Waals surface area contributed by atoms with E-state index >= 15 is 0 Å². The number of nitrogens with zero attached hydrogens (tertiary/aromatic N) is 2. The molecule has 7 heteroatoms. The van der Waals surface area contributed by atoms with E-state index in [1.54, 1.807) is 7.11 Å². The summed E-state index contributed by atoms with van der Waals surface area (Å²) in [7, 11) is 1.61. The predicted octanol–water partition coefficient (Wildman–Crippen LogP) is 5.94. The quantitative estimate of drug-likeness (QED) is 0.314. The molecule has 7 nitrogen and oxygen atoms in total. The van der Waals surface area contributed by atoms with E-state index < -0.39 is 0 Å². The summed E-state index contributed by atoms with van der Waals surface area (Å²) < 4.78 is 11.8. The minimum absolute atomic E-state index is 0.104. The third kappa shape index (κ3) is 4.42. The van der Waals surface area contributed by atoms with Gasteiger partial charge < -0.3 is 19.5 Å². The Kier molecular flexibility index (Phi) is 6.61. The lowest BCUT2D eigenvalue weighted by Crippen LogP contribution is -2.30. The zero-order valence-electron chi connectivity index (χ0n) is 21.5. The normalized spacial score (nSPS) is 14.6. The van der Waals surface area contributed by atoms with Gasteiger partial charge in [0.1, 0.15) is 23.7 Å². The van der Waals surface area contributed by atoms with Crippen LogP contribution in [0.5, 0.6) is 17.2 Å². The first-order valence-electron chi connectivity index (χ1n) is 12.5. The number of H-pyrrole nitrogens is 1. The lowest BCUT2D eigenvalue weighted by atomic mass is 9.94. The SMILES string of the molecule is CCCN1C(=O)c2[nH]nc(-c3cc(C)cc(C)c3O)c2C1c1ccc(OCc2ccccc2)c(OC)c1. The highest BCUT2D eigenvalue weighted by molar-refractivity contribution is 6.00. The van der Waals surface area contributed by atoms with E-state index in [0.717, 1.165) is 34.2 Å². The van der Waals surface area contributed by atoms with Crippen molar-refractivity contribution < 1.29 is 19.4 Å². The van der Waals surface area contributed by atoms with Gasteiger partial charge in [-0.15, -0.1) is 0 Å². The summed E-state index contributed by atoms with van der Waals surface area (Å²) in [5, 5.41) is 18.4. The Bertz CT molecular complexity index is 1440. The Morgan fingerprint density at radius 1 is 1.05 bits per heavy atom. The Labute approximate surface area is 216 Å². The standard InChI is InChI=1S/C30H31N3O4/c1-5-13-33-28(21-11-12-23(24(16-21)36-4)37-17-20-9-7-6-8-10-20)25-26(31-32-27(25)30(33)35)22-15-18(2)14-19(3)29(22)34/h6-12,14-16,28,34H,5,13,17H2,1-4H3,(H,31,32). The topological polar surface area (TPSA) is 87.7 Å². The van der Waals surface area contributed by atoms with Gasteiger partial charge in [-0.05, 0) is 60.7 Å². The number of aromatic amines is 1. The Hall–Kier alpha value is -4.26. The van der Waals surface area contributed by atoms with Gasteiger partial charge in [-0.1, -0.05) is 49.4 Å². The molecule has 5 rings (SSSR count). The van der Waals surface area contributed by atoms with Gasteiger partial charge in [0, 0.05) is 17.7 Å². The largest absolute Gasteiger partial charge is 0.507 e. The molecule has 2 heterocycles. The van der Waals surface area contributed by atoms with Crippen LogP contribution in [0, 0.1) is 13.8 Å². The predicted molar refractivity (Wildman–Crippen MR) is 142 cm³/mol. The number of aromatic nitrogens is 2. The van der Waals surface area contributed by atoms with Crippen LogP contribution in [0.25, 0.3) is 11.3 Å². The van der Waals surface area contributed by atoms with Gasteiger partial charge in [-0.25, -0.2) is 0 Å². The first kappa shape index (κ1) is 24.4. The first-order chi connectivity index (χ1) is 17.9. The summed E-state index contributed by atoms with van der Waals surface area (Å²) in [4.78, 5) is 15.3. The molecule has 190 valence electrons. The van der Waals surface area contributed by atoms with Crippen LogP contribution in [0.2, 0.25) is 0 Å². The number of amides is 1. The fourth-order valence-corrected chi connectivity index (χ4v) is 5.07. The van der Waals surface area contributed by atoms with Crippen molar-refractivity contribution in [3.05, 3.63) is 94.2 Å². The fraction of sp³-hybridized carbons (Fsp3) is 0.267. The number of rotatable bonds is 8. The number of hydrogen-bond donors (Lipinski definition) is 2. The van der Waals surface area contributed by atoms with Crippen LogP contribution in [0.15, 0.2) is 60.7 Å². The number of aryl methyl sites for hydroxylation is 2. The number of phenolic OH excluding ortho intramolecular Hbond substituents is 1. The average Bonchev–Trinajstić information content (AvgIpc) is 3.44. The van der Waals surface area contributed by atoms with Crippen LogP contribution < -0.4 is 9.47 Å². The van der Waals surface area contributed by atoms with Crippen molar-refractivity contribution in [2.45, 2.75) is 39.8 Å². The third-order valence-electron chi connectivity index (χ3n) is 6.77. The molecule has 0 bridgehead atoms. The Morgan fingerprint density at radius 3 is 2.57 bits per heavy atom. The van der Waals surface area contributed by atoms with Crippen molar-refractivity contribution >= 4 is 5.91 Å². The molecule has 2 N–H and O–H groups in total. The number of carbonyl (C=O) groups is 1. The maximum atomic E-state index is 13.5. The van der Waals surface area contributed by atoms with Crippen molar-refractivity contribution in [1.82, 2.24) is 15.1 Å². The van der Waals surface area contributed by atoms with Crippen LogP contribution in [0.3, 0.4) is 0 Å². The van der Waals surface area contributed by atoms with E-state index in [-0.39, 0.29) is 17.7 Å². The molecule has 0 saturated heterocycles. The third-order valence-corrected chi connectivity index (χ3v) is 6.77. The molecule has 1 atom stereocenters. The molecular weight excluding hydrogens is 466 g/mol. The summed E-state index contributed by atoms with van der Waals surface area (Å²) in [6.45, 7) is 6.89. The fourth-order valence-electron chi connectivity index (χ4n) is 5.07. The number of methoxy groups -OCH3 is 1. The van der Waals surface area contributed by atoms with Gasteiger partial charge in [0.05, 0.1) is 13.2 Å². The lowest BCUT2D eigenvalue weighted by Gasteiger charge is -2.26. The second-order valence-electron chi connectivity index (χ2n) is 9.42. The number of hydrogen-bond acceptors (Lipinski definition) is 5. The van der Waals surface area contributed by atoms with Crippen molar-refractivity contribution in [3.8, 4) is 28.5 Å². The van der Waals surface area contributed by atoms with Crippen LogP contribution >= 0.6 is 0 Å². The Morgan fingerprint density at radius 2 is 1.84 bits per heavy atom. The van der Waals surface area contributed by atoms with E-state index in [1.807, 2.05) is 86.3 Å². The monoisotopic (exact) mass is 497 g/mol. The van der Waals surface area contributed by atoms with Crippen molar-refractivity contribution in [2.24, 2.45) is 0 Å². The smallest absolute Gasteiger partial charge is 0.273 e. The summed E-state index contributed by atoms with van der Waals surface area (Å²) >= 11 is 0. The van der Waals surface area contributed by atoms with Crippen molar-refractivity contribution in [1.29, 1.82) is 0 Å². The zero-order valence-corrected chi connectivity index (χ0v) is 21.5. The number of benzene rings is 3. The summed E-state index contributed by atoms with van der Waals surface area (Å²) in [5.41, 5.74) is 6.13. The van der Waals surface area contributed by atoms with E-state index in [0.29, 0.717) is 41.6 Å². The molecule has 37 heavy (non-hydrogen) atoms. The van der Waals surface area contributed by atoms with Gasteiger partial charge in [0.25, 0.3) is 5.91 Å². The minimum atomic E-state index is -0.381. The summed E-state index contributed by atoms with van der Waals surface area (Å²) in [5.74, 6) is 1.28. The van der Waals surface area contributed by atoms with Crippen molar-refractivity contribution in [2.75, 3.05) is 13.7 Å². The molecule has 1 unspecified atom stereocenters. The number of phenols is 1. The van der Waals surface area contributed by atoms with Crippen LogP contribution in [-0.4, -0.2) is 39.8 Å². The molecule has 0 radical (unpaired) electrons. The Balaban J connectivity index is 1.58. The van der Waals surface area contributed by atoms with E-state index in [4.69, 9.17) is 9.47 Å². The molecule has 1 amide bonds. The minimum Gasteiger partial charge on any atom is -0.507 e. The van der Waals surface area contributed by atoms with Crippen LogP contribution in [0.1, 0.15) is 57.7 Å². The van der Waals surface area contributed by atoms with Crippen molar-refractivity contribution in [3.63, 3.8) is 0 Å². The number of carbonyl (C=O) groups excluding carboxylic acids is 1. The molecule has 1 aromatic heterocycles. The lowest BCUT2D eigenvalue weighted by molar-refractivity contribution is 0.0743. The molecule has 0 spiro atoms. The van der Waals surface area contributed by atoms with Crippen LogP contribution in [0.4, 0.5) is 0 Å². The number of nitrogens with one attached hydrogen (secondary N) is 1. The van der Waals surface area contributed by atoms with Crippen LogP contribution in [-0.2, 0) is 6.61 Å². The second-order valence-corrected chi connectivity index (χ2v) is 9.42. The van der Waals surface area contributed by atoms with Gasteiger partial charge in [-0.2, -0.15) is 5.10 Å². The van der Waals surface area contributed by atoms with Gasteiger partial charge in [-0.3, -0.25) is 9.89 Å². The molecule has 1 aliphatic heterocycles. The molecule has 3 aromatic carbocycles. The molecule has 0 aliphatic carbocycles. The van der Waals surface area contributed by atoms with E-state index in [9.17, 15) is 9.90 Å². The summed E-state index contributed by atoms with van der Waals surface area (Å²) in [6, 6.07) is 19.2. The van der Waals surface area contributed by atoms with Gasteiger partial charge >= 0.3 is 0 Å². The van der Waals surface area contributed by atoms with Gasteiger partial charge in [0.15, 0.2) is 11.5 Å². The van der Waals surface area contributed by atoms with Gasteiger partial charge in [0.2, 0.25) is 0 Å². The maximum Gasteiger partial charge on any atom is 0.273 e. The molecular formula is C30H31N3O4. The molecule has 0 saturated carbocycles. The average molecular weight is 498 g/mol. The molecule has 4 aromatic rings. The van der Waals surface area contributed by atoms with E-state index in [1.165, 1.54) is 0 Å². The zero-order chi connectivity index (χ0) is 26.1. The first-order valence-corrected chi connectivity index (χ1v) is 12.5. The number of fused-ring (bicyclic) bond motifs is 1. The number of ether oxygens (including phenoxy) is 2. The molecule has 0 fully saturated rings. The highest BCUT2D eigenvalue weighted by Gasteiger charge is 2.42. The maximum absolute atomic E-state index is 13.5. The highest BCUT2D eigenvalue weighted by atomic mass is 16.5. The highest BCUT2D eigenvalue weighted by Crippen LogP contribution is 2.46. The number of aromatic hydroxyl groups is 1. The second kappa shape index (κ2) is 10.0. The molecule has 1 aliphatic rings. The summed E-state index contributed by atoms with van der Waals surface area (Å²) in [6.07, 6.45) is 0.805. The van der Waals surface area contributed by atoms with E-state index in [2.05, 4.69) is 10.2 Å².